The van der Waals surface area contributed by atoms with Crippen molar-refractivity contribution in [3.05, 3.63) is 0 Å². The summed E-state index contributed by atoms with van der Waals surface area (Å²) in [6.45, 7) is 2.06. The zero-order valence-corrected chi connectivity index (χ0v) is 14.7. The van der Waals surface area contributed by atoms with Crippen molar-refractivity contribution in [1.29, 1.82) is 0 Å². The summed E-state index contributed by atoms with van der Waals surface area (Å²) in [5.41, 5.74) is 0. The Balaban J connectivity index is 1.49. The summed E-state index contributed by atoms with van der Waals surface area (Å²) in [5, 5.41) is 20.6. The van der Waals surface area contributed by atoms with Crippen LogP contribution in [0.3, 0.4) is 0 Å². The van der Waals surface area contributed by atoms with E-state index in [0.717, 1.165) is 25.0 Å². The van der Waals surface area contributed by atoms with Crippen LogP contribution >= 0.6 is 11.8 Å². The number of thioether (sulfide) groups is 1. The Labute approximate surface area is 145 Å². The van der Waals surface area contributed by atoms with Gasteiger partial charge >= 0.3 is 6.03 Å². The smallest absolute Gasteiger partial charge is 0.315 e. The third-order valence-electron chi connectivity index (χ3n) is 4.21. The number of aliphatic hydroxyl groups excluding tert-OH is 1. The normalized spacial score (nSPS) is 26.2. The molecule has 4 unspecified atom stereocenters. The third kappa shape index (κ3) is 5.55. The first-order chi connectivity index (χ1) is 11.5. The molecule has 2 saturated heterocycles. The van der Waals surface area contributed by atoms with Crippen molar-refractivity contribution in [2.45, 2.75) is 56.0 Å². The lowest BCUT2D eigenvalue weighted by Gasteiger charge is -2.16. The molecule has 0 radical (unpaired) electrons. The van der Waals surface area contributed by atoms with E-state index in [2.05, 4.69) is 21.3 Å². The zero-order valence-electron chi connectivity index (χ0n) is 13.8. The Hall–Kier alpha value is -1.48. The van der Waals surface area contributed by atoms with Crippen LogP contribution in [0.25, 0.3) is 0 Å². The van der Waals surface area contributed by atoms with Crippen LogP contribution in [-0.2, 0) is 9.59 Å². The topological polar surface area (TPSA) is 120 Å². The number of rotatable bonds is 9. The van der Waals surface area contributed by atoms with Gasteiger partial charge in [-0.15, -0.1) is 0 Å². The van der Waals surface area contributed by atoms with Crippen molar-refractivity contribution < 1.29 is 19.5 Å². The first-order valence-electron chi connectivity index (χ1n) is 8.38. The molecule has 24 heavy (non-hydrogen) atoms. The number of fused-ring (bicyclic) bond motifs is 1. The molecular formula is C15H26N4O4S. The van der Waals surface area contributed by atoms with Gasteiger partial charge in [-0.1, -0.05) is 6.42 Å². The molecule has 5 N–H and O–H groups in total. The molecule has 4 atom stereocenters. The minimum Gasteiger partial charge on any atom is -0.384 e. The average molecular weight is 358 g/mol. The number of carbonyl (C=O) groups excluding carboxylic acids is 3. The first-order valence-corrected chi connectivity index (χ1v) is 9.43. The Morgan fingerprint density at radius 2 is 2.04 bits per heavy atom. The van der Waals surface area contributed by atoms with Gasteiger partial charge in [0.1, 0.15) is 6.10 Å². The molecular weight excluding hydrogens is 332 g/mol. The lowest BCUT2D eigenvalue weighted by atomic mass is 10.0. The fourth-order valence-electron chi connectivity index (χ4n) is 2.90. The third-order valence-corrected chi connectivity index (χ3v) is 5.72. The summed E-state index contributed by atoms with van der Waals surface area (Å²) in [6.07, 6.45) is 2.17. The molecule has 136 valence electrons. The molecule has 2 aliphatic heterocycles. The van der Waals surface area contributed by atoms with Gasteiger partial charge in [0.25, 0.3) is 0 Å². The van der Waals surface area contributed by atoms with E-state index in [1.807, 2.05) is 11.8 Å². The van der Waals surface area contributed by atoms with Crippen LogP contribution in [0.15, 0.2) is 0 Å². The summed E-state index contributed by atoms with van der Waals surface area (Å²) in [6, 6.07) is 0.388. The van der Waals surface area contributed by atoms with E-state index < -0.39 is 12.0 Å². The molecule has 2 rings (SSSR count). The Morgan fingerprint density at radius 1 is 1.29 bits per heavy atom. The van der Waals surface area contributed by atoms with Crippen LogP contribution in [-0.4, -0.2) is 65.2 Å². The monoisotopic (exact) mass is 358 g/mol. The summed E-state index contributed by atoms with van der Waals surface area (Å²) in [4.78, 5) is 34.1. The number of hydrogen-bond acceptors (Lipinski definition) is 5. The predicted octanol–water partition coefficient (Wildman–Crippen LogP) is -0.675. The van der Waals surface area contributed by atoms with Crippen molar-refractivity contribution >= 4 is 29.6 Å². The molecule has 9 heteroatoms. The molecule has 0 aromatic carbocycles. The highest BCUT2D eigenvalue weighted by molar-refractivity contribution is 8.00. The Kier molecular flexibility index (Phi) is 7.16. The number of unbranched alkanes of at least 4 members (excludes halogenated alkanes) is 1. The van der Waals surface area contributed by atoms with Crippen LogP contribution in [0.2, 0.25) is 0 Å². The quantitative estimate of drug-likeness (QED) is 0.276. The number of aliphatic hydroxyl groups is 1. The highest BCUT2D eigenvalue weighted by Gasteiger charge is 2.42. The molecule has 2 aliphatic rings. The summed E-state index contributed by atoms with van der Waals surface area (Å²) in [5.74, 6) is 0.478. The fourth-order valence-corrected chi connectivity index (χ4v) is 4.44. The van der Waals surface area contributed by atoms with Crippen LogP contribution in [0.1, 0.15) is 32.6 Å². The van der Waals surface area contributed by atoms with Gasteiger partial charge in [-0.25, -0.2) is 4.79 Å². The van der Waals surface area contributed by atoms with E-state index in [4.69, 9.17) is 5.11 Å². The van der Waals surface area contributed by atoms with Gasteiger partial charge in [-0.2, -0.15) is 11.8 Å². The van der Waals surface area contributed by atoms with Crippen molar-refractivity contribution in [1.82, 2.24) is 21.3 Å². The maximum atomic E-state index is 11.7. The van der Waals surface area contributed by atoms with Gasteiger partial charge in [0.15, 0.2) is 0 Å². The molecule has 0 aliphatic carbocycles. The predicted molar refractivity (Wildman–Crippen MR) is 91.7 cm³/mol. The number of nitrogens with one attached hydrogen (secondary N) is 4. The second-order valence-electron chi connectivity index (χ2n) is 6.18. The van der Waals surface area contributed by atoms with E-state index in [1.54, 1.807) is 0 Å². The van der Waals surface area contributed by atoms with Crippen LogP contribution in [0.5, 0.6) is 0 Å². The van der Waals surface area contributed by atoms with Crippen LogP contribution in [0.4, 0.5) is 4.79 Å². The largest absolute Gasteiger partial charge is 0.384 e. The van der Waals surface area contributed by atoms with Crippen molar-refractivity contribution in [2.75, 3.05) is 18.8 Å². The molecule has 2 heterocycles. The molecule has 4 amide bonds. The molecule has 0 aromatic rings. The zero-order chi connectivity index (χ0) is 17.5. The lowest BCUT2D eigenvalue weighted by Crippen LogP contribution is -2.38. The minimum absolute atomic E-state index is 0.0333. The maximum absolute atomic E-state index is 11.7. The molecule has 0 aromatic heterocycles. The second kappa shape index (κ2) is 9.12. The van der Waals surface area contributed by atoms with E-state index >= 15 is 0 Å². The van der Waals surface area contributed by atoms with Gasteiger partial charge in [-0.05, 0) is 19.8 Å². The Morgan fingerprint density at radius 3 is 2.79 bits per heavy atom. The van der Waals surface area contributed by atoms with Gasteiger partial charge in [0, 0.05) is 30.5 Å². The van der Waals surface area contributed by atoms with Crippen LogP contribution < -0.4 is 21.3 Å². The first kappa shape index (κ1) is 18.9. The van der Waals surface area contributed by atoms with Gasteiger partial charge in [0.2, 0.25) is 11.8 Å². The number of hydrogen-bond donors (Lipinski definition) is 5. The fraction of sp³-hybridized carbons (Fsp3) is 0.800. The lowest BCUT2D eigenvalue weighted by molar-refractivity contribution is -0.128. The number of urea groups is 1. The second-order valence-corrected chi connectivity index (χ2v) is 7.46. The minimum atomic E-state index is -1.03. The van der Waals surface area contributed by atoms with Gasteiger partial charge in [-0.3, -0.25) is 9.59 Å². The van der Waals surface area contributed by atoms with Crippen molar-refractivity contribution in [2.24, 2.45) is 0 Å². The van der Waals surface area contributed by atoms with E-state index in [-0.39, 0.29) is 24.0 Å². The molecule has 0 spiro atoms. The van der Waals surface area contributed by atoms with Gasteiger partial charge in [0.05, 0.1) is 12.1 Å². The van der Waals surface area contributed by atoms with Crippen LogP contribution in [0, 0.1) is 0 Å². The number of amides is 4. The molecule has 0 saturated carbocycles. The highest BCUT2D eigenvalue weighted by atomic mass is 32.2. The summed E-state index contributed by atoms with van der Waals surface area (Å²) >= 11 is 1.88. The average Bonchev–Trinajstić information content (AvgIpc) is 3.07. The van der Waals surface area contributed by atoms with Crippen molar-refractivity contribution in [3.63, 3.8) is 0 Å². The Bertz CT molecular complexity index is 474. The van der Waals surface area contributed by atoms with E-state index in [0.29, 0.717) is 24.8 Å². The van der Waals surface area contributed by atoms with E-state index in [9.17, 15) is 14.4 Å². The molecule has 8 nitrogen and oxygen atoms in total. The molecule has 0 bridgehead atoms. The number of carbonyl (C=O) groups is 3. The summed E-state index contributed by atoms with van der Waals surface area (Å²) < 4.78 is 0. The maximum Gasteiger partial charge on any atom is 0.315 e. The highest BCUT2D eigenvalue weighted by Crippen LogP contribution is 2.33. The summed E-state index contributed by atoms with van der Waals surface area (Å²) in [7, 11) is 0. The van der Waals surface area contributed by atoms with Crippen molar-refractivity contribution in [3.8, 4) is 0 Å². The molecule has 2 fully saturated rings. The van der Waals surface area contributed by atoms with Gasteiger partial charge < -0.3 is 26.4 Å². The standard InChI is InChI=1S/C15H26N4O4S/c1-9(20)14(22)17-7-6-16-12(21)5-3-2-4-11-13-10(8-24-11)18-15(23)19-13/h9-11,13,20H,2-8H2,1H3,(H,16,21)(H,17,22)(H2,18,19,23). The SMILES string of the molecule is CC(O)C(=O)NCCNC(=O)CCCCC1SCC2NC(=O)NC21. The van der Waals surface area contributed by atoms with E-state index in [1.165, 1.54) is 6.92 Å².